The van der Waals surface area contributed by atoms with Crippen LogP contribution in [0.3, 0.4) is 0 Å². The summed E-state index contributed by atoms with van der Waals surface area (Å²) in [6.45, 7) is 15.6. The molecule has 150 valence electrons. The molecule has 0 aromatic carbocycles. The second kappa shape index (κ2) is 13.0. The highest BCUT2D eigenvalue weighted by molar-refractivity contribution is 5.22. The predicted molar refractivity (Wildman–Crippen MR) is 109 cm³/mol. The summed E-state index contributed by atoms with van der Waals surface area (Å²) in [4.78, 5) is 0. The third-order valence-electron chi connectivity index (χ3n) is 4.47. The molecular weight excluding hydrogens is 328 g/mol. The summed E-state index contributed by atoms with van der Waals surface area (Å²) in [5.74, 6) is 0.169. The van der Waals surface area contributed by atoms with Crippen LogP contribution < -0.4 is 0 Å². The number of hydrogen-bond acceptors (Lipinski definition) is 4. The minimum absolute atomic E-state index is 0.0709. The SMILES string of the molecule is C=C(C)C/C=C/[C@@H](O)[C@H](C)C/C(C)=C/C(=C)[C@@H](C)C[C@@H](O)C[C@@H](O)CO. The standard InChI is InChI=1S/C22H38O4/c1-15(2)8-7-9-22(26)19(6)11-16(3)10-17(4)18(5)12-20(24)13-21(25)14-23/h7,9-10,18-26H,1,4,8,11-14H2,2-3,5-6H3/b9-7+,16-10+/t18-,19+,20+,21+,22+/m0/s1. The van der Waals surface area contributed by atoms with Crippen molar-refractivity contribution in [2.45, 2.75) is 71.7 Å². The number of allylic oxidation sites excluding steroid dienone is 5. The van der Waals surface area contributed by atoms with Crippen LogP contribution in [-0.2, 0) is 0 Å². The van der Waals surface area contributed by atoms with Crippen molar-refractivity contribution >= 4 is 0 Å². The van der Waals surface area contributed by atoms with Crippen LogP contribution in [0.15, 0.2) is 48.1 Å². The lowest BCUT2D eigenvalue weighted by molar-refractivity contribution is 0.0354. The molecule has 0 aliphatic heterocycles. The largest absolute Gasteiger partial charge is 0.394 e. The Hall–Kier alpha value is -1.20. The Kier molecular flexibility index (Phi) is 12.4. The van der Waals surface area contributed by atoms with Crippen molar-refractivity contribution < 1.29 is 20.4 Å². The molecule has 0 saturated heterocycles. The number of hydrogen-bond donors (Lipinski definition) is 4. The number of rotatable bonds is 13. The first-order valence-electron chi connectivity index (χ1n) is 9.38. The van der Waals surface area contributed by atoms with E-state index in [-0.39, 0.29) is 24.9 Å². The van der Waals surface area contributed by atoms with Crippen LogP contribution in [0.5, 0.6) is 0 Å². The van der Waals surface area contributed by atoms with Gasteiger partial charge in [0.05, 0.1) is 24.9 Å². The van der Waals surface area contributed by atoms with Crippen LogP contribution >= 0.6 is 0 Å². The first-order valence-corrected chi connectivity index (χ1v) is 9.38. The summed E-state index contributed by atoms with van der Waals surface area (Å²) in [6, 6.07) is 0. The van der Waals surface area contributed by atoms with Gasteiger partial charge < -0.3 is 20.4 Å². The van der Waals surface area contributed by atoms with Gasteiger partial charge in [-0.1, -0.05) is 62.0 Å². The molecule has 0 heterocycles. The van der Waals surface area contributed by atoms with E-state index in [0.29, 0.717) is 6.42 Å². The molecule has 0 rings (SSSR count). The van der Waals surface area contributed by atoms with Gasteiger partial charge in [0.1, 0.15) is 0 Å². The van der Waals surface area contributed by atoms with Crippen LogP contribution in [0.2, 0.25) is 0 Å². The van der Waals surface area contributed by atoms with Gasteiger partial charge in [0.2, 0.25) is 0 Å². The summed E-state index contributed by atoms with van der Waals surface area (Å²) in [7, 11) is 0. The average Bonchev–Trinajstić information content (AvgIpc) is 2.53. The van der Waals surface area contributed by atoms with E-state index in [0.717, 1.165) is 29.6 Å². The Morgan fingerprint density at radius 3 is 2.15 bits per heavy atom. The molecule has 4 N–H and O–H groups in total. The van der Waals surface area contributed by atoms with Gasteiger partial charge in [-0.3, -0.25) is 0 Å². The van der Waals surface area contributed by atoms with Gasteiger partial charge in [0.15, 0.2) is 0 Å². The maximum atomic E-state index is 10.2. The zero-order valence-corrected chi connectivity index (χ0v) is 16.9. The van der Waals surface area contributed by atoms with Gasteiger partial charge in [-0.2, -0.15) is 0 Å². The first kappa shape index (κ1) is 24.8. The van der Waals surface area contributed by atoms with Gasteiger partial charge in [0.25, 0.3) is 0 Å². The summed E-state index contributed by atoms with van der Waals surface area (Å²) in [5, 5.41) is 38.4. The second-order valence-electron chi connectivity index (χ2n) is 7.69. The second-order valence-corrected chi connectivity index (χ2v) is 7.69. The Labute approximate surface area is 159 Å². The van der Waals surface area contributed by atoms with E-state index >= 15 is 0 Å². The van der Waals surface area contributed by atoms with E-state index in [4.69, 9.17) is 5.11 Å². The molecule has 0 bridgehead atoms. The lowest BCUT2D eigenvalue weighted by Gasteiger charge is -2.20. The molecule has 0 unspecified atom stereocenters. The van der Waals surface area contributed by atoms with Gasteiger partial charge in [-0.15, -0.1) is 0 Å². The van der Waals surface area contributed by atoms with Gasteiger partial charge in [0, 0.05) is 6.42 Å². The van der Waals surface area contributed by atoms with Crippen molar-refractivity contribution in [1.29, 1.82) is 0 Å². The Bertz CT molecular complexity index is 492. The van der Waals surface area contributed by atoms with Crippen molar-refractivity contribution in [2.75, 3.05) is 6.61 Å². The van der Waals surface area contributed by atoms with Gasteiger partial charge in [-0.25, -0.2) is 0 Å². The molecule has 0 aromatic heterocycles. The molecule has 0 fully saturated rings. The van der Waals surface area contributed by atoms with E-state index in [2.05, 4.69) is 13.2 Å². The highest BCUT2D eigenvalue weighted by Crippen LogP contribution is 2.23. The van der Waals surface area contributed by atoms with E-state index in [1.165, 1.54) is 0 Å². The van der Waals surface area contributed by atoms with Gasteiger partial charge >= 0.3 is 0 Å². The predicted octanol–water partition coefficient (Wildman–Crippen LogP) is 3.53. The van der Waals surface area contributed by atoms with Crippen molar-refractivity contribution in [2.24, 2.45) is 11.8 Å². The molecule has 4 nitrogen and oxygen atoms in total. The topological polar surface area (TPSA) is 80.9 Å². The van der Waals surface area contributed by atoms with Crippen LogP contribution in [-0.4, -0.2) is 45.3 Å². The fraction of sp³-hybridized carbons (Fsp3) is 0.636. The van der Waals surface area contributed by atoms with Crippen LogP contribution in [0.4, 0.5) is 0 Å². The highest BCUT2D eigenvalue weighted by atomic mass is 16.3. The van der Waals surface area contributed by atoms with Crippen molar-refractivity contribution in [1.82, 2.24) is 0 Å². The summed E-state index contributed by atoms with van der Waals surface area (Å²) < 4.78 is 0. The third-order valence-corrected chi connectivity index (χ3v) is 4.47. The molecule has 4 heteroatoms. The number of aliphatic hydroxyl groups excluding tert-OH is 4. The Morgan fingerprint density at radius 1 is 1.00 bits per heavy atom. The van der Waals surface area contributed by atoms with Crippen LogP contribution in [0.1, 0.15) is 53.4 Å². The molecule has 5 atom stereocenters. The molecule has 0 spiro atoms. The molecule has 0 saturated carbocycles. The normalized spacial score (nSPS) is 18.4. The fourth-order valence-corrected chi connectivity index (χ4v) is 2.79. The molecule has 0 aliphatic carbocycles. The fourth-order valence-electron chi connectivity index (χ4n) is 2.79. The molecule has 0 radical (unpaired) electrons. The van der Waals surface area contributed by atoms with Gasteiger partial charge in [-0.05, 0) is 44.9 Å². The van der Waals surface area contributed by atoms with E-state index in [1.54, 1.807) is 0 Å². The average molecular weight is 367 g/mol. The molecular formula is C22H38O4. The quantitative estimate of drug-likeness (QED) is 0.297. The maximum Gasteiger partial charge on any atom is 0.0795 e. The third kappa shape index (κ3) is 11.4. The first-order chi connectivity index (χ1) is 12.1. The Morgan fingerprint density at radius 2 is 1.62 bits per heavy atom. The van der Waals surface area contributed by atoms with Crippen molar-refractivity contribution in [3.05, 3.63) is 48.1 Å². The van der Waals surface area contributed by atoms with Crippen LogP contribution in [0, 0.1) is 11.8 Å². The molecule has 26 heavy (non-hydrogen) atoms. The highest BCUT2D eigenvalue weighted by Gasteiger charge is 2.16. The monoisotopic (exact) mass is 366 g/mol. The van der Waals surface area contributed by atoms with Crippen molar-refractivity contribution in [3.8, 4) is 0 Å². The summed E-state index contributed by atoms with van der Waals surface area (Å²) >= 11 is 0. The zero-order chi connectivity index (χ0) is 20.3. The summed E-state index contributed by atoms with van der Waals surface area (Å²) in [5.41, 5.74) is 3.11. The molecule has 0 aromatic rings. The van der Waals surface area contributed by atoms with Crippen LogP contribution in [0.25, 0.3) is 0 Å². The minimum atomic E-state index is -0.886. The summed E-state index contributed by atoms with van der Waals surface area (Å²) in [6.07, 6.45) is 5.93. The molecule has 0 aliphatic rings. The lowest BCUT2D eigenvalue weighted by atomic mass is 9.90. The number of aliphatic hydroxyl groups is 4. The van der Waals surface area contributed by atoms with Crippen molar-refractivity contribution in [3.63, 3.8) is 0 Å². The van der Waals surface area contributed by atoms with E-state index < -0.39 is 18.3 Å². The zero-order valence-electron chi connectivity index (χ0n) is 16.9. The maximum absolute atomic E-state index is 10.2. The Balaban J connectivity index is 4.52. The lowest BCUT2D eigenvalue weighted by Crippen LogP contribution is -2.22. The molecule has 0 amide bonds. The van der Waals surface area contributed by atoms with E-state index in [9.17, 15) is 15.3 Å². The minimum Gasteiger partial charge on any atom is -0.394 e. The van der Waals surface area contributed by atoms with E-state index in [1.807, 2.05) is 45.9 Å². The smallest absolute Gasteiger partial charge is 0.0795 e.